The molecule has 6 heteroatoms. The lowest BCUT2D eigenvalue weighted by Crippen LogP contribution is -2.18. The molecule has 0 spiro atoms. The van der Waals surface area contributed by atoms with E-state index in [0.29, 0.717) is 4.70 Å². The van der Waals surface area contributed by atoms with Crippen LogP contribution in [0.25, 0.3) is 20.4 Å². The van der Waals surface area contributed by atoms with Crippen LogP contribution in [0.4, 0.5) is 5.82 Å². The molecule has 1 fully saturated rings. The van der Waals surface area contributed by atoms with Gasteiger partial charge in [-0.15, -0.1) is 11.3 Å². The molecule has 4 heterocycles. The number of aromatic nitrogens is 3. The number of hydrogen-bond acceptors (Lipinski definition) is 5. The van der Waals surface area contributed by atoms with Gasteiger partial charge in [-0.1, -0.05) is 0 Å². The number of fused-ring (bicyclic) bond motifs is 3. The lowest BCUT2D eigenvalue weighted by Gasteiger charge is -2.16. The van der Waals surface area contributed by atoms with Crippen molar-refractivity contribution in [3.05, 3.63) is 28.3 Å². The molecule has 20 heavy (non-hydrogen) atoms. The van der Waals surface area contributed by atoms with Crippen LogP contribution in [0.2, 0.25) is 0 Å². The van der Waals surface area contributed by atoms with E-state index < -0.39 is 0 Å². The Kier molecular flexibility index (Phi) is 2.53. The summed E-state index contributed by atoms with van der Waals surface area (Å²) in [6.45, 7) is 4.21. The van der Waals surface area contributed by atoms with Crippen LogP contribution in [0.3, 0.4) is 0 Å². The van der Waals surface area contributed by atoms with E-state index in [0.717, 1.165) is 40.2 Å². The second-order valence-corrected chi connectivity index (χ2v) is 6.18. The highest BCUT2D eigenvalue weighted by atomic mass is 32.1. The number of thiophene rings is 1. The van der Waals surface area contributed by atoms with Crippen molar-refractivity contribution in [2.75, 3.05) is 18.0 Å². The van der Waals surface area contributed by atoms with Gasteiger partial charge in [-0.05, 0) is 31.4 Å². The maximum Gasteiger partial charge on any atom is 0.268 e. The van der Waals surface area contributed by atoms with E-state index >= 15 is 0 Å². The van der Waals surface area contributed by atoms with Gasteiger partial charge in [-0.3, -0.25) is 4.79 Å². The molecular formula is C14H14N4OS. The lowest BCUT2D eigenvalue weighted by molar-refractivity contribution is 0.943. The minimum Gasteiger partial charge on any atom is -0.357 e. The summed E-state index contributed by atoms with van der Waals surface area (Å²) in [5.74, 6) is 1.02. The quantitative estimate of drug-likeness (QED) is 0.746. The van der Waals surface area contributed by atoms with Crippen molar-refractivity contribution < 1.29 is 0 Å². The number of nitrogens with one attached hydrogen (secondary N) is 1. The Morgan fingerprint density at radius 2 is 2.15 bits per heavy atom. The van der Waals surface area contributed by atoms with Gasteiger partial charge in [0.05, 0.1) is 11.8 Å². The van der Waals surface area contributed by atoms with Crippen LogP contribution < -0.4 is 10.5 Å². The van der Waals surface area contributed by atoms with Crippen LogP contribution in [-0.4, -0.2) is 28.0 Å². The molecule has 0 aliphatic carbocycles. The maximum absolute atomic E-state index is 11.9. The fourth-order valence-corrected chi connectivity index (χ4v) is 3.95. The van der Waals surface area contributed by atoms with Crippen molar-refractivity contribution >= 4 is 37.6 Å². The lowest BCUT2D eigenvalue weighted by atomic mass is 10.2. The van der Waals surface area contributed by atoms with E-state index in [1.807, 2.05) is 0 Å². The molecule has 0 atom stereocenters. The van der Waals surface area contributed by atoms with Gasteiger partial charge >= 0.3 is 0 Å². The molecule has 0 amide bonds. The highest BCUT2D eigenvalue weighted by Gasteiger charge is 2.18. The van der Waals surface area contributed by atoms with Crippen LogP contribution in [-0.2, 0) is 0 Å². The highest BCUT2D eigenvalue weighted by Crippen LogP contribution is 2.33. The van der Waals surface area contributed by atoms with Gasteiger partial charge < -0.3 is 9.88 Å². The van der Waals surface area contributed by atoms with Gasteiger partial charge in [0.2, 0.25) is 0 Å². The number of pyridine rings is 1. The predicted molar refractivity (Wildman–Crippen MR) is 81.7 cm³/mol. The van der Waals surface area contributed by atoms with E-state index in [4.69, 9.17) is 4.98 Å². The summed E-state index contributed by atoms with van der Waals surface area (Å²) in [7, 11) is 0. The minimum atomic E-state index is -0.0832. The first kappa shape index (κ1) is 11.8. The number of anilines is 1. The maximum atomic E-state index is 11.9. The molecule has 0 saturated carbocycles. The molecule has 4 rings (SSSR count). The van der Waals surface area contributed by atoms with Crippen LogP contribution >= 0.6 is 11.3 Å². The normalized spacial score (nSPS) is 15.6. The van der Waals surface area contributed by atoms with E-state index in [1.165, 1.54) is 30.5 Å². The summed E-state index contributed by atoms with van der Waals surface area (Å²) in [6, 6.07) is 2.11. The summed E-state index contributed by atoms with van der Waals surface area (Å²) in [5.41, 5.74) is 1.83. The second-order valence-electron chi connectivity index (χ2n) is 5.18. The molecule has 3 aromatic heterocycles. The summed E-state index contributed by atoms with van der Waals surface area (Å²) >= 11 is 1.43. The third-order valence-corrected chi connectivity index (χ3v) is 4.92. The average molecular weight is 286 g/mol. The van der Waals surface area contributed by atoms with E-state index in [-0.39, 0.29) is 5.56 Å². The van der Waals surface area contributed by atoms with E-state index in [2.05, 4.69) is 27.9 Å². The summed E-state index contributed by atoms with van der Waals surface area (Å²) in [5, 5.41) is 1.01. The Morgan fingerprint density at radius 3 is 2.95 bits per heavy atom. The Labute approximate surface area is 119 Å². The number of hydrogen-bond donors (Lipinski definition) is 1. The Hall–Kier alpha value is -1.95. The number of aromatic amines is 1. The number of H-pyrrole nitrogens is 1. The van der Waals surface area contributed by atoms with Gasteiger partial charge in [0.25, 0.3) is 5.56 Å². The zero-order valence-corrected chi connectivity index (χ0v) is 12.0. The fraction of sp³-hybridized carbons (Fsp3) is 0.357. The standard InChI is InChI=1S/C14H14N4OS/c1-8-6-9(18-4-2-3-5-18)17-14-10(8)11-12(20-14)13(19)16-7-15-11/h6-7H,2-5H2,1H3,(H,15,16,19). The van der Waals surface area contributed by atoms with Crippen molar-refractivity contribution in [2.45, 2.75) is 19.8 Å². The molecule has 102 valence electrons. The zero-order chi connectivity index (χ0) is 13.7. The van der Waals surface area contributed by atoms with Crippen molar-refractivity contribution in [3.8, 4) is 0 Å². The molecule has 1 N–H and O–H groups in total. The third kappa shape index (κ3) is 1.64. The molecule has 0 bridgehead atoms. The number of nitrogens with zero attached hydrogens (tertiary/aromatic N) is 3. The molecule has 0 unspecified atom stereocenters. The van der Waals surface area contributed by atoms with Crippen LogP contribution in [0.1, 0.15) is 18.4 Å². The first-order valence-corrected chi connectivity index (χ1v) is 7.58. The molecular weight excluding hydrogens is 272 g/mol. The summed E-state index contributed by atoms with van der Waals surface area (Å²) in [6.07, 6.45) is 3.92. The van der Waals surface area contributed by atoms with Crippen LogP contribution in [0, 0.1) is 6.92 Å². The number of rotatable bonds is 1. The van der Waals surface area contributed by atoms with Crippen molar-refractivity contribution in [3.63, 3.8) is 0 Å². The first-order chi connectivity index (χ1) is 9.74. The molecule has 0 aromatic carbocycles. The fourth-order valence-electron chi connectivity index (χ4n) is 2.85. The molecule has 1 aliphatic rings. The third-order valence-electron chi connectivity index (χ3n) is 3.85. The van der Waals surface area contributed by atoms with Gasteiger partial charge in [0, 0.05) is 18.5 Å². The van der Waals surface area contributed by atoms with Gasteiger partial charge in [-0.2, -0.15) is 0 Å². The van der Waals surface area contributed by atoms with Crippen molar-refractivity contribution in [1.29, 1.82) is 0 Å². The molecule has 3 aromatic rings. The first-order valence-electron chi connectivity index (χ1n) is 6.76. The molecule has 1 saturated heterocycles. The average Bonchev–Trinajstić information content (AvgIpc) is 3.05. The molecule has 5 nitrogen and oxygen atoms in total. The Morgan fingerprint density at radius 1 is 1.35 bits per heavy atom. The number of aryl methyl sites for hydroxylation is 1. The topological polar surface area (TPSA) is 61.9 Å². The zero-order valence-electron chi connectivity index (χ0n) is 11.1. The predicted octanol–water partition coefficient (Wildman–Crippen LogP) is 2.44. The van der Waals surface area contributed by atoms with Gasteiger partial charge in [0.15, 0.2) is 0 Å². The summed E-state index contributed by atoms with van der Waals surface area (Å²) < 4.78 is 0.664. The van der Waals surface area contributed by atoms with E-state index in [9.17, 15) is 4.79 Å². The van der Waals surface area contributed by atoms with Gasteiger partial charge in [0.1, 0.15) is 15.3 Å². The second kappa shape index (κ2) is 4.28. The van der Waals surface area contributed by atoms with Gasteiger partial charge in [-0.25, -0.2) is 9.97 Å². The summed E-state index contributed by atoms with van der Waals surface area (Å²) in [4.78, 5) is 26.8. The molecule has 0 radical (unpaired) electrons. The minimum absolute atomic E-state index is 0.0832. The van der Waals surface area contributed by atoms with Crippen LogP contribution in [0.5, 0.6) is 0 Å². The van der Waals surface area contributed by atoms with E-state index in [1.54, 1.807) is 0 Å². The SMILES string of the molecule is Cc1cc(N2CCCC2)nc2sc3c(=O)[nH]cnc3c12. The Balaban J connectivity index is 2.03. The van der Waals surface area contributed by atoms with Crippen molar-refractivity contribution in [1.82, 2.24) is 15.0 Å². The Bertz CT molecular complexity index is 861. The largest absolute Gasteiger partial charge is 0.357 e. The van der Waals surface area contributed by atoms with Crippen molar-refractivity contribution in [2.24, 2.45) is 0 Å². The smallest absolute Gasteiger partial charge is 0.268 e. The highest BCUT2D eigenvalue weighted by molar-refractivity contribution is 7.25. The monoisotopic (exact) mass is 286 g/mol. The van der Waals surface area contributed by atoms with Crippen LogP contribution in [0.15, 0.2) is 17.2 Å². The molecule has 1 aliphatic heterocycles.